The third kappa shape index (κ3) is 4.83. The van der Waals surface area contributed by atoms with Gasteiger partial charge in [-0.3, -0.25) is 4.98 Å². The lowest BCUT2D eigenvalue weighted by Crippen LogP contribution is -2.02. The summed E-state index contributed by atoms with van der Waals surface area (Å²) in [6.07, 6.45) is 2.90. The first kappa shape index (κ1) is 14.8. The minimum Gasteiger partial charge on any atom is -0.385 e. The average molecular weight is 291 g/mol. The molecule has 0 radical (unpaired) electrons. The van der Waals surface area contributed by atoms with Gasteiger partial charge < -0.3 is 10.1 Å². The van der Waals surface area contributed by atoms with Crippen molar-refractivity contribution in [3.8, 4) is 0 Å². The van der Waals surface area contributed by atoms with E-state index in [0.717, 1.165) is 34.9 Å². The van der Waals surface area contributed by atoms with Crippen molar-refractivity contribution in [2.75, 3.05) is 11.9 Å². The molecule has 0 spiro atoms. The molecule has 3 nitrogen and oxygen atoms in total. The molecule has 0 unspecified atom stereocenters. The van der Waals surface area contributed by atoms with Crippen molar-refractivity contribution in [2.24, 2.45) is 0 Å². The van der Waals surface area contributed by atoms with Crippen LogP contribution in [0.5, 0.6) is 0 Å². The lowest BCUT2D eigenvalue weighted by Gasteiger charge is -2.08. The molecule has 0 aliphatic rings. The quantitative estimate of drug-likeness (QED) is 0.827. The summed E-state index contributed by atoms with van der Waals surface area (Å²) in [5, 5.41) is 4.07. The van der Waals surface area contributed by atoms with Crippen LogP contribution >= 0.6 is 11.6 Å². The topological polar surface area (TPSA) is 34.2 Å². The zero-order valence-corrected chi connectivity index (χ0v) is 12.4. The Labute approximate surface area is 124 Å². The number of halogens is 1. The largest absolute Gasteiger partial charge is 0.385 e. The van der Waals surface area contributed by atoms with Crippen molar-refractivity contribution >= 4 is 17.3 Å². The van der Waals surface area contributed by atoms with Crippen LogP contribution in [-0.2, 0) is 18.0 Å². The minimum absolute atomic E-state index is 0.494. The molecular formula is C16H19ClN2O. The molecule has 4 heteroatoms. The molecule has 0 aliphatic carbocycles. The molecule has 106 valence electrons. The van der Waals surface area contributed by atoms with Crippen LogP contribution in [0.2, 0.25) is 5.02 Å². The van der Waals surface area contributed by atoms with E-state index in [9.17, 15) is 0 Å². The zero-order valence-electron chi connectivity index (χ0n) is 11.6. The number of anilines is 1. The van der Waals surface area contributed by atoms with Crippen molar-refractivity contribution in [3.63, 3.8) is 0 Å². The molecule has 0 amide bonds. The highest BCUT2D eigenvalue weighted by molar-refractivity contribution is 6.30. The van der Waals surface area contributed by atoms with Crippen LogP contribution in [0.15, 0.2) is 42.6 Å². The molecular weight excluding hydrogens is 272 g/mol. The van der Waals surface area contributed by atoms with Crippen molar-refractivity contribution < 1.29 is 4.74 Å². The summed E-state index contributed by atoms with van der Waals surface area (Å²) in [7, 11) is 0. The highest BCUT2D eigenvalue weighted by Gasteiger charge is 1.99. The predicted octanol–water partition coefficient (Wildman–Crippen LogP) is 4.27. The molecule has 0 saturated carbocycles. The molecule has 0 aliphatic heterocycles. The summed E-state index contributed by atoms with van der Waals surface area (Å²) < 4.78 is 5.67. The number of benzene rings is 1. The van der Waals surface area contributed by atoms with Gasteiger partial charge in [-0.1, -0.05) is 30.7 Å². The van der Waals surface area contributed by atoms with E-state index < -0.39 is 0 Å². The van der Waals surface area contributed by atoms with E-state index in [1.165, 1.54) is 0 Å². The third-order valence-corrected chi connectivity index (χ3v) is 3.04. The number of nitrogens with zero attached hydrogens (tertiary/aromatic N) is 1. The Bertz CT molecular complexity index is 546. The van der Waals surface area contributed by atoms with Gasteiger partial charge in [-0.25, -0.2) is 0 Å². The lowest BCUT2D eigenvalue weighted by atomic mass is 10.2. The fourth-order valence-corrected chi connectivity index (χ4v) is 2.05. The van der Waals surface area contributed by atoms with Crippen LogP contribution in [0.4, 0.5) is 5.69 Å². The molecule has 1 heterocycles. The Morgan fingerprint density at radius 1 is 1.20 bits per heavy atom. The monoisotopic (exact) mass is 290 g/mol. The number of rotatable bonds is 7. The van der Waals surface area contributed by atoms with Gasteiger partial charge in [-0.15, -0.1) is 0 Å². The number of nitrogens with one attached hydrogen (secondary N) is 1. The first-order valence-corrected chi connectivity index (χ1v) is 7.16. The van der Waals surface area contributed by atoms with E-state index in [1.54, 1.807) is 6.20 Å². The van der Waals surface area contributed by atoms with E-state index in [-0.39, 0.29) is 0 Å². The molecule has 0 fully saturated rings. The summed E-state index contributed by atoms with van der Waals surface area (Å²) in [5.41, 5.74) is 3.08. The Morgan fingerprint density at radius 2 is 2.10 bits per heavy atom. The fourth-order valence-electron chi connectivity index (χ4n) is 1.84. The van der Waals surface area contributed by atoms with Crippen LogP contribution in [0.3, 0.4) is 0 Å². The molecule has 1 N–H and O–H groups in total. The van der Waals surface area contributed by atoms with Gasteiger partial charge in [-0.2, -0.15) is 0 Å². The number of aromatic nitrogens is 1. The summed E-state index contributed by atoms with van der Waals surface area (Å²) in [5.74, 6) is 0. The van der Waals surface area contributed by atoms with Crippen molar-refractivity contribution in [1.82, 2.24) is 4.98 Å². The summed E-state index contributed by atoms with van der Waals surface area (Å²) in [6.45, 7) is 4.14. The van der Waals surface area contributed by atoms with E-state index in [4.69, 9.17) is 16.3 Å². The summed E-state index contributed by atoms with van der Waals surface area (Å²) >= 11 is 5.93. The second kappa shape index (κ2) is 7.88. The maximum atomic E-state index is 5.93. The van der Waals surface area contributed by atoms with Crippen LogP contribution in [0.25, 0.3) is 0 Å². The van der Waals surface area contributed by atoms with E-state index >= 15 is 0 Å². The first-order chi connectivity index (χ1) is 9.78. The molecule has 0 atom stereocenters. The zero-order chi connectivity index (χ0) is 14.2. The van der Waals surface area contributed by atoms with Gasteiger partial charge in [0.15, 0.2) is 0 Å². The second-order valence-corrected chi connectivity index (χ2v) is 5.02. The SMILES string of the molecule is CCCNc1ccnc(COCc2cccc(Cl)c2)c1. The Kier molecular flexibility index (Phi) is 5.84. The molecule has 0 saturated heterocycles. The lowest BCUT2D eigenvalue weighted by molar-refractivity contribution is 0.104. The minimum atomic E-state index is 0.494. The Hall–Kier alpha value is -1.58. The van der Waals surface area contributed by atoms with Gasteiger partial charge >= 0.3 is 0 Å². The Balaban J connectivity index is 1.84. The maximum absolute atomic E-state index is 5.93. The van der Waals surface area contributed by atoms with Crippen LogP contribution in [-0.4, -0.2) is 11.5 Å². The normalized spacial score (nSPS) is 10.5. The Morgan fingerprint density at radius 3 is 2.90 bits per heavy atom. The number of hydrogen-bond acceptors (Lipinski definition) is 3. The molecule has 2 aromatic rings. The van der Waals surface area contributed by atoms with Crippen molar-refractivity contribution in [1.29, 1.82) is 0 Å². The second-order valence-electron chi connectivity index (χ2n) is 4.59. The van der Waals surface area contributed by atoms with Crippen LogP contribution in [0, 0.1) is 0 Å². The number of hydrogen-bond donors (Lipinski definition) is 1. The van der Waals surface area contributed by atoms with Gasteiger partial charge in [0.25, 0.3) is 0 Å². The fraction of sp³-hybridized carbons (Fsp3) is 0.312. The molecule has 1 aromatic heterocycles. The van der Waals surface area contributed by atoms with Crippen LogP contribution < -0.4 is 5.32 Å². The van der Waals surface area contributed by atoms with E-state index in [0.29, 0.717) is 13.2 Å². The van der Waals surface area contributed by atoms with Crippen molar-refractivity contribution in [2.45, 2.75) is 26.6 Å². The predicted molar refractivity (Wildman–Crippen MR) is 83.0 cm³/mol. The van der Waals surface area contributed by atoms with Gasteiger partial charge in [-0.05, 0) is 36.2 Å². The molecule has 2 rings (SSSR count). The molecule has 1 aromatic carbocycles. The number of pyridine rings is 1. The first-order valence-electron chi connectivity index (χ1n) is 6.79. The summed E-state index contributed by atoms with van der Waals surface area (Å²) in [4.78, 5) is 4.31. The highest BCUT2D eigenvalue weighted by Crippen LogP contribution is 2.13. The van der Waals surface area contributed by atoms with Crippen molar-refractivity contribution in [3.05, 3.63) is 58.9 Å². The smallest absolute Gasteiger partial charge is 0.0893 e. The van der Waals surface area contributed by atoms with E-state index in [2.05, 4.69) is 17.2 Å². The van der Waals surface area contributed by atoms with Gasteiger partial charge in [0.1, 0.15) is 0 Å². The maximum Gasteiger partial charge on any atom is 0.0893 e. The molecule has 20 heavy (non-hydrogen) atoms. The van der Waals surface area contributed by atoms with Gasteiger partial charge in [0, 0.05) is 23.5 Å². The van der Waals surface area contributed by atoms with Gasteiger partial charge in [0.05, 0.1) is 18.9 Å². The van der Waals surface area contributed by atoms with E-state index in [1.807, 2.05) is 36.4 Å². The van der Waals surface area contributed by atoms with Crippen LogP contribution in [0.1, 0.15) is 24.6 Å². The standard InChI is InChI=1S/C16H19ClN2O/c1-2-7-18-15-6-8-19-16(10-15)12-20-11-13-4-3-5-14(17)9-13/h3-6,8-10H,2,7,11-12H2,1H3,(H,18,19). The summed E-state index contributed by atoms with van der Waals surface area (Å²) in [6, 6.07) is 11.7. The molecule has 0 bridgehead atoms. The highest BCUT2D eigenvalue weighted by atomic mass is 35.5. The third-order valence-electron chi connectivity index (χ3n) is 2.80. The number of ether oxygens (including phenoxy) is 1. The average Bonchev–Trinajstić information content (AvgIpc) is 2.46. The van der Waals surface area contributed by atoms with Gasteiger partial charge in [0.2, 0.25) is 0 Å².